The molecule has 0 aliphatic rings. The lowest BCUT2D eigenvalue weighted by atomic mass is 10.2. The summed E-state index contributed by atoms with van der Waals surface area (Å²) < 4.78 is 5.63. The molecule has 0 spiro atoms. The maximum atomic E-state index is 6.08. The van der Waals surface area contributed by atoms with E-state index in [2.05, 4.69) is 25.6 Å². The molecule has 8 heteroatoms. The highest BCUT2D eigenvalue weighted by molar-refractivity contribution is 6.35. The van der Waals surface area contributed by atoms with E-state index in [-0.39, 0.29) is 6.61 Å². The lowest BCUT2D eigenvalue weighted by molar-refractivity contribution is 0.305. The van der Waals surface area contributed by atoms with Crippen molar-refractivity contribution in [1.29, 1.82) is 0 Å². The summed E-state index contributed by atoms with van der Waals surface area (Å²) in [4.78, 5) is 4.21. The van der Waals surface area contributed by atoms with Crippen LogP contribution in [-0.4, -0.2) is 25.6 Å². The molecule has 21 heavy (non-hydrogen) atoms. The van der Waals surface area contributed by atoms with Gasteiger partial charge in [-0.25, -0.2) is 10.1 Å². The summed E-state index contributed by atoms with van der Waals surface area (Å²) in [5.74, 6) is 1.10. The van der Waals surface area contributed by atoms with Crippen molar-refractivity contribution in [1.82, 2.24) is 25.6 Å². The molecule has 6 nitrogen and oxygen atoms in total. The SMILES string of the molecule is Clc1cccc(Cl)c1COc1ccc(-c2nnn[nH]2)nc1. The number of pyridine rings is 1. The average molecular weight is 322 g/mol. The highest BCUT2D eigenvalue weighted by atomic mass is 35.5. The van der Waals surface area contributed by atoms with Crippen LogP contribution in [-0.2, 0) is 6.61 Å². The minimum absolute atomic E-state index is 0.267. The molecule has 0 aliphatic carbocycles. The van der Waals surface area contributed by atoms with Crippen molar-refractivity contribution < 1.29 is 4.74 Å². The molecular weight excluding hydrogens is 313 g/mol. The van der Waals surface area contributed by atoms with Crippen LogP contribution in [0.5, 0.6) is 5.75 Å². The van der Waals surface area contributed by atoms with Gasteiger partial charge < -0.3 is 4.74 Å². The Bertz CT molecular complexity index is 711. The number of halogens is 2. The van der Waals surface area contributed by atoms with Crippen LogP contribution in [0.2, 0.25) is 10.0 Å². The third-order valence-corrected chi connectivity index (χ3v) is 3.48. The summed E-state index contributed by atoms with van der Waals surface area (Å²) in [6, 6.07) is 8.85. The smallest absolute Gasteiger partial charge is 0.198 e. The number of ether oxygens (including phenoxy) is 1. The molecule has 0 aliphatic heterocycles. The van der Waals surface area contributed by atoms with Crippen molar-refractivity contribution in [3.8, 4) is 17.3 Å². The molecule has 0 fully saturated rings. The first kappa shape index (κ1) is 13.8. The second kappa shape index (κ2) is 6.07. The third-order valence-electron chi connectivity index (χ3n) is 2.77. The van der Waals surface area contributed by atoms with E-state index >= 15 is 0 Å². The second-order valence-corrected chi connectivity index (χ2v) is 4.93. The molecule has 0 saturated carbocycles. The molecule has 2 aromatic heterocycles. The van der Waals surface area contributed by atoms with Crippen LogP contribution in [0.4, 0.5) is 0 Å². The maximum Gasteiger partial charge on any atom is 0.198 e. The number of hydrogen-bond acceptors (Lipinski definition) is 5. The first-order valence-electron chi connectivity index (χ1n) is 6.00. The van der Waals surface area contributed by atoms with E-state index < -0.39 is 0 Å². The first-order chi connectivity index (χ1) is 10.2. The first-order valence-corrected chi connectivity index (χ1v) is 6.75. The zero-order valence-corrected chi connectivity index (χ0v) is 12.1. The molecular formula is C13H9Cl2N5O. The van der Waals surface area contributed by atoms with E-state index in [1.165, 1.54) is 0 Å². The Hall–Kier alpha value is -2.18. The number of H-pyrrole nitrogens is 1. The predicted octanol–water partition coefficient (Wildman–Crippen LogP) is 3.15. The van der Waals surface area contributed by atoms with Gasteiger partial charge in [-0.1, -0.05) is 29.3 Å². The van der Waals surface area contributed by atoms with Crippen LogP contribution in [0.15, 0.2) is 36.5 Å². The van der Waals surface area contributed by atoms with Crippen molar-refractivity contribution in [3.05, 3.63) is 52.1 Å². The summed E-state index contributed by atoms with van der Waals surface area (Å²) in [7, 11) is 0. The Morgan fingerprint density at radius 3 is 2.52 bits per heavy atom. The molecule has 0 amide bonds. The van der Waals surface area contributed by atoms with Gasteiger partial charge in [-0.15, -0.1) is 5.10 Å². The summed E-state index contributed by atoms with van der Waals surface area (Å²) in [6.07, 6.45) is 1.59. The fourth-order valence-electron chi connectivity index (χ4n) is 1.70. The van der Waals surface area contributed by atoms with Crippen LogP contribution in [0.1, 0.15) is 5.56 Å². The lowest BCUT2D eigenvalue weighted by Crippen LogP contribution is -1.98. The Balaban J connectivity index is 1.71. The van der Waals surface area contributed by atoms with Crippen molar-refractivity contribution in [2.75, 3.05) is 0 Å². The standard InChI is InChI=1S/C13H9Cl2N5O/c14-10-2-1-3-11(15)9(10)7-21-8-4-5-12(16-6-8)13-17-19-20-18-13/h1-6H,7H2,(H,17,18,19,20). The van der Waals surface area contributed by atoms with Gasteiger partial charge in [0.05, 0.1) is 6.20 Å². The summed E-state index contributed by atoms with van der Waals surface area (Å²) in [6.45, 7) is 0.267. The van der Waals surface area contributed by atoms with Crippen LogP contribution in [0.3, 0.4) is 0 Å². The maximum absolute atomic E-state index is 6.08. The molecule has 0 saturated heterocycles. The second-order valence-electron chi connectivity index (χ2n) is 4.12. The van der Waals surface area contributed by atoms with Crippen molar-refractivity contribution in [2.24, 2.45) is 0 Å². The fourth-order valence-corrected chi connectivity index (χ4v) is 2.21. The number of tetrazole rings is 1. The quantitative estimate of drug-likeness (QED) is 0.798. The van der Waals surface area contributed by atoms with Gasteiger partial charge in [-0.05, 0) is 34.7 Å². The van der Waals surface area contributed by atoms with Crippen LogP contribution in [0, 0.1) is 0 Å². The number of rotatable bonds is 4. The van der Waals surface area contributed by atoms with Gasteiger partial charge in [0.2, 0.25) is 0 Å². The summed E-state index contributed by atoms with van der Waals surface area (Å²) >= 11 is 12.2. The van der Waals surface area contributed by atoms with E-state index in [9.17, 15) is 0 Å². The highest BCUT2D eigenvalue weighted by Gasteiger charge is 2.07. The Morgan fingerprint density at radius 2 is 1.90 bits per heavy atom. The number of hydrogen-bond donors (Lipinski definition) is 1. The highest BCUT2D eigenvalue weighted by Crippen LogP contribution is 2.26. The molecule has 0 radical (unpaired) electrons. The molecule has 0 atom stereocenters. The molecule has 3 rings (SSSR count). The normalized spacial score (nSPS) is 10.6. The predicted molar refractivity (Wildman–Crippen MR) is 78.2 cm³/mol. The summed E-state index contributed by atoms with van der Waals surface area (Å²) in [5.41, 5.74) is 1.37. The third kappa shape index (κ3) is 3.12. The van der Waals surface area contributed by atoms with E-state index in [1.807, 2.05) is 0 Å². The monoisotopic (exact) mass is 321 g/mol. The Morgan fingerprint density at radius 1 is 1.10 bits per heavy atom. The van der Waals surface area contributed by atoms with E-state index in [0.717, 1.165) is 5.56 Å². The molecule has 1 aromatic carbocycles. The van der Waals surface area contributed by atoms with Crippen molar-refractivity contribution in [3.63, 3.8) is 0 Å². The van der Waals surface area contributed by atoms with E-state index in [1.54, 1.807) is 36.5 Å². The van der Waals surface area contributed by atoms with Gasteiger partial charge in [0.25, 0.3) is 0 Å². The zero-order valence-electron chi connectivity index (χ0n) is 10.6. The Labute approximate surface area is 130 Å². The molecule has 106 valence electrons. The van der Waals surface area contributed by atoms with Gasteiger partial charge in [-0.2, -0.15) is 0 Å². The largest absolute Gasteiger partial charge is 0.487 e. The summed E-state index contributed by atoms with van der Waals surface area (Å²) in [5, 5.41) is 14.5. The van der Waals surface area contributed by atoms with Crippen LogP contribution in [0.25, 0.3) is 11.5 Å². The van der Waals surface area contributed by atoms with Gasteiger partial charge >= 0.3 is 0 Å². The number of aromatic nitrogens is 5. The zero-order chi connectivity index (χ0) is 14.7. The molecule has 0 unspecified atom stereocenters. The number of nitrogens with one attached hydrogen (secondary N) is 1. The topological polar surface area (TPSA) is 76.6 Å². The van der Waals surface area contributed by atoms with E-state index in [4.69, 9.17) is 27.9 Å². The fraction of sp³-hybridized carbons (Fsp3) is 0.0769. The van der Waals surface area contributed by atoms with Crippen molar-refractivity contribution >= 4 is 23.2 Å². The van der Waals surface area contributed by atoms with Gasteiger partial charge in [0.1, 0.15) is 18.1 Å². The molecule has 2 heterocycles. The lowest BCUT2D eigenvalue weighted by Gasteiger charge is -2.09. The van der Waals surface area contributed by atoms with Gasteiger partial charge in [0, 0.05) is 15.6 Å². The number of aromatic amines is 1. The van der Waals surface area contributed by atoms with Crippen LogP contribution >= 0.6 is 23.2 Å². The Kier molecular flexibility index (Phi) is 3.98. The average Bonchev–Trinajstić information content (AvgIpc) is 3.02. The molecule has 3 aromatic rings. The minimum atomic E-state index is 0.267. The van der Waals surface area contributed by atoms with Gasteiger partial charge in [-0.3, -0.25) is 0 Å². The molecule has 0 bridgehead atoms. The molecule has 1 N–H and O–H groups in total. The van der Waals surface area contributed by atoms with Crippen molar-refractivity contribution in [2.45, 2.75) is 6.61 Å². The van der Waals surface area contributed by atoms with Crippen LogP contribution < -0.4 is 4.74 Å². The number of nitrogens with zero attached hydrogens (tertiary/aromatic N) is 4. The van der Waals surface area contributed by atoms with E-state index in [0.29, 0.717) is 27.3 Å². The van der Waals surface area contributed by atoms with Gasteiger partial charge in [0.15, 0.2) is 5.82 Å². The number of benzene rings is 1. The minimum Gasteiger partial charge on any atom is -0.487 e.